The van der Waals surface area contributed by atoms with Gasteiger partial charge in [0.25, 0.3) is 0 Å². The van der Waals surface area contributed by atoms with Crippen molar-refractivity contribution in [2.24, 2.45) is 5.22 Å². The number of rotatable bonds is 6. The standard InChI is InChI=1S/C18H14F3N6O2/c1-26(25-22)16(28)10-12-2-4-13(5-3-12)17-23-11-27(24-17)14-6-8-15(9-7-14)29-18(19,20)21/h2-9,11H,10H2,1H3/q-1. The normalized spacial score (nSPS) is 11.2. The third kappa shape index (κ3) is 5.15. The number of hydrogen-bond acceptors (Lipinski definition) is 5. The lowest BCUT2D eigenvalue weighted by Gasteiger charge is -2.17. The molecule has 8 nitrogen and oxygen atoms in total. The first-order chi connectivity index (χ1) is 13.7. The molecule has 0 bridgehead atoms. The molecule has 0 aliphatic heterocycles. The third-order valence-corrected chi connectivity index (χ3v) is 3.89. The smallest absolute Gasteiger partial charge is 0.406 e. The summed E-state index contributed by atoms with van der Waals surface area (Å²) in [6, 6.07) is 12.1. The fourth-order valence-electron chi connectivity index (χ4n) is 2.43. The van der Waals surface area contributed by atoms with Crippen LogP contribution in [-0.2, 0) is 11.2 Å². The lowest BCUT2D eigenvalue weighted by molar-refractivity contribution is -0.274. The van der Waals surface area contributed by atoms with E-state index in [2.05, 4.69) is 20.0 Å². The molecule has 0 radical (unpaired) electrons. The molecule has 11 heteroatoms. The van der Waals surface area contributed by atoms with Crippen LogP contribution in [0.4, 0.5) is 13.2 Å². The molecule has 0 spiro atoms. The molecule has 0 aliphatic rings. The molecule has 0 saturated heterocycles. The first-order valence-corrected chi connectivity index (χ1v) is 8.24. The van der Waals surface area contributed by atoms with Crippen molar-refractivity contribution in [3.8, 4) is 22.8 Å². The highest BCUT2D eigenvalue weighted by molar-refractivity contribution is 5.78. The van der Waals surface area contributed by atoms with Gasteiger partial charge in [0, 0.05) is 12.0 Å². The second kappa shape index (κ2) is 8.09. The van der Waals surface area contributed by atoms with E-state index in [0.29, 0.717) is 22.6 Å². The van der Waals surface area contributed by atoms with E-state index in [4.69, 9.17) is 5.53 Å². The first kappa shape index (κ1) is 20.0. The van der Waals surface area contributed by atoms with E-state index < -0.39 is 6.36 Å². The van der Waals surface area contributed by atoms with Crippen LogP contribution < -0.4 is 4.74 Å². The van der Waals surface area contributed by atoms with Crippen LogP contribution in [0.15, 0.2) is 60.1 Å². The van der Waals surface area contributed by atoms with Gasteiger partial charge in [-0.2, -0.15) is 0 Å². The van der Waals surface area contributed by atoms with Crippen LogP contribution in [0.1, 0.15) is 5.56 Å². The summed E-state index contributed by atoms with van der Waals surface area (Å²) in [5.41, 5.74) is 10.5. The maximum absolute atomic E-state index is 12.2. The van der Waals surface area contributed by atoms with Gasteiger partial charge in [-0.25, -0.2) is 9.67 Å². The average molecular weight is 403 g/mol. The molecule has 0 atom stereocenters. The largest absolute Gasteiger partial charge is 0.573 e. The molecular formula is C18H14F3N6O2-. The van der Waals surface area contributed by atoms with Gasteiger partial charge in [0.05, 0.1) is 5.69 Å². The Balaban J connectivity index is 1.71. The summed E-state index contributed by atoms with van der Waals surface area (Å²) in [4.78, 5) is 15.9. The Morgan fingerprint density at radius 1 is 1.17 bits per heavy atom. The SMILES string of the molecule is CN(N=[N-])C(=O)Cc1ccc(-c2ncn(-c3ccc(OC(F)(F)F)cc3)n2)cc1. The van der Waals surface area contributed by atoms with Crippen molar-refractivity contribution in [1.82, 2.24) is 19.8 Å². The highest BCUT2D eigenvalue weighted by Crippen LogP contribution is 2.24. The molecule has 0 saturated carbocycles. The van der Waals surface area contributed by atoms with Crippen molar-refractivity contribution >= 4 is 5.91 Å². The molecule has 3 rings (SSSR count). The Morgan fingerprint density at radius 2 is 1.83 bits per heavy atom. The van der Waals surface area contributed by atoms with Crippen LogP contribution in [0, 0.1) is 0 Å². The van der Waals surface area contributed by atoms with Crippen LogP contribution >= 0.6 is 0 Å². The van der Waals surface area contributed by atoms with Crippen molar-refractivity contribution < 1.29 is 22.7 Å². The predicted octanol–water partition coefficient (Wildman–Crippen LogP) is 3.77. The number of halogens is 3. The monoisotopic (exact) mass is 403 g/mol. The van der Waals surface area contributed by atoms with E-state index in [1.165, 1.54) is 42.3 Å². The average Bonchev–Trinajstić information content (AvgIpc) is 3.17. The molecule has 2 aromatic carbocycles. The Labute approximate surface area is 163 Å². The molecule has 29 heavy (non-hydrogen) atoms. The van der Waals surface area contributed by atoms with Crippen LogP contribution in [-0.4, -0.2) is 39.1 Å². The van der Waals surface area contributed by atoms with Gasteiger partial charge >= 0.3 is 6.36 Å². The van der Waals surface area contributed by atoms with Crippen molar-refractivity contribution in [3.63, 3.8) is 0 Å². The number of nitrogens with zero attached hydrogens (tertiary/aromatic N) is 6. The topological polar surface area (TPSA) is 94.9 Å². The van der Waals surface area contributed by atoms with Gasteiger partial charge in [0.15, 0.2) is 11.7 Å². The number of ether oxygens (including phenoxy) is 1. The van der Waals surface area contributed by atoms with Gasteiger partial charge in [-0.15, -0.1) is 18.3 Å². The fourth-order valence-corrected chi connectivity index (χ4v) is 2.43. The van der Waals surface area contributed by atoms with E-state index in [9.17, 15) is 18.0 Å². The molecule has 0 unspecified atom stereocenters. The number of alkyl halides is 3. The van der Waals surface area contributed by atoms with E-state index in [-0.39, 0.29) is 18.1 Å². The molecule has 1 aromatic heterocycles. The van der Waals surface area contributed by atoms with E-state index in [0.717, 1.165) is 5.01 Å². The Kier molecular flexibility index (Phi) is 5.57. The van der Waals surface area contributed by atoms with Crippen LogP contribution in [0.2, 0.25) is 0 Å². The molecule has 0 fully saturated rings. The summed E-state index contributed by atoms with van der Waals surface area (Å²) >= 11 is 0. The zero-order chi connectivity index (χ0) is 21.0. The van der Waals surface area contributed by atoms with Crippen molar-refractivity contribution in [1.29, 1.82) is 0 Å². The molecule has 150 valence electrons. The van der Waals surface area contributed by atoms with E-state index >= 15 is 0 Å². The molecular weight excluding hydrogens is 389 g/mol. The Hall–Kier alpha value is -3.76. The van der Waals surface area contributed by atoms with Gasteiger partial charge in [0.1, 0.15) is 12.1 Å². The van der Waals surface area contributed by atoms with E-state index in [1.54, 1.807) is 24.3 Å². The minimum Gasteiger partial charge on any atom is -0.406 e. The number of amides is 1. The maximum Gasteiger partial charge on any atom is 0.573 e. The fraction of sp³-hybridized carbons (Fsp3) is 0.167. The lowest BCUT2D eigenvalue weighted by atomic mass is 10.1. The molecule has 1 amide bonds. The second-order valence-corrected chi connectivity index (χ2v) is 5.93. The number of carbonyl (C=O) groups excluding carboxylic acids is 1. The van der Waals surface area contributed by atoms with Crippen molar-refractivity contribution in [3.05, 3.63) is 66.0 Å². The first-order valence-electron chi connectivity index (χ1n) is 8.24. The summed E-state index contributed by atoms with van der Waals surface area (Å²) < 4.78 is 41.9. The summed E-state index contributed by atoms with van der Waals surface area (Å²) in [6.07, 6.45) is -3.25. The second-order valence-electron chi connectivity index (χ2n) is 5.93. The van der Waals surface area contributed by atoms with Crippen LogP contribution in [0.3, 0.4) is 0 Å². The third-order valence-electron chi connectivity index (χ3n) is 3.89. The zero-order valence-corrected chi connectivity index (χ0v) is 15.0. The van der Waals surface area contributed by atoms with Gasteiger partial charge in [0.2, 0.25) is 0 Å². The molecule has 1 heterocycles. The molecule has 3 aromatic rings. The van der Waals surface area contributed by atoms with Crippen molar-refractivity contribution in [2.75, 3.05) is 7.05 Å². The summed E-state index contributed by atoms with van der Waals surface area (Å²) in [5, 5.41) is 7.94. The summed E-state index contributed by atoms with van der Waals surface area (Å²) in [5.74, 6) is -0.298. The summed E-state index contributed by atoms with van der Waals surface area (Å²) in [7, 11) is 1.34. The molecule has 0 N–H and O–H groups in total. The quantitative estimate of drug-likeness (QED) is 0.462. The highest BCUT2D eigenvalue weighted by atomic mass is 19.4. The number of benzene rings is 2. The zero-order valence-electron chi connectivity index (χ0n) is 15.0. The van der Waals surface area contributed by atoms with Gasteiger partial charge in [-0.05, 0) is 36.9 Å². The minimum atomic E-state index is -4.75. The number of carbonyl (C=O) groups is 1. The van der Waals surface area contributed by atoms with Crippen LogP contribution in [0.5, 0.6) is 5.75 Å². The number of likely N-dealkylation sites (N-methyl/N-ethyl adjacent to an activating group) is 1. The van der Waals surface area contributed by atoms with E-state index in [1.807, 2.05) is 0 Å². The predicted molar refractivity (Wildman–Crippen MR) is 95.7 cm³/mol. The maximum atomic E-state index is 12.2. The number of hydrogen-bond donors (Lipinski definition) is 0. The lowest BCUT2D eigenvalue weighted by Crippen LogP contribution is -2.21. The van der Waals surface area contributed by atoms with Gasteiger partial charge < -0.3 is 15.3 Å². The number of aromatic nitrogens is 3. The van der Waals surface area contributed by atoms with Gasteiger partial charge in [-0.3, -0.25) is 10.0 Å². The Morgan fingerprint density at radius 3 is 2.41 bits per heavy atom. The summed E-state index contributed by atoms with van der Waals surface area (Å²) in [6.45, 7) is 0. The molecule has 0 aliphatic carbocycles. The van der Waals surface area contributed by atoms with Gasteiger partial charge in [-0.1, -0.05) is 24.3 Å². The highest BCUT2D eigenvalue weighted by Gasteiger charge is 2.31. The Bertz CT molecular complexity index is 1000. The van der Waals surface area contributed by atoms with Crippen LogP contribution in [0.25, 0.3) is 22.6 Å². The minimum absolute atomic E-state index is 0.0645. The van der Waals surface area contributed by atoms with Crippen molar-refractivity contribution in [2.45, 2.75) is 12.8 Å².